The summed E-state index contributed by atoms with van der Waals surface area (Å²) >= 11 is 1.65. The summed E-state index contributed by atoms with van der Waals surface area (Å²) in [5, 5.41) is 9.90. The van der Waals surface area contributed by atoms with Gasteiger partial charge in [0.25, 0.3) is 5.56 Å². The molecule has 0 aliphatic carbocycles. The van der Waals surface area contributed by atoms with Gasteiger partial charge in [0.2, 0.25) is 0 Å². The van der Waals surface area contributed by atoms with Crippen molar-refractivity contribution in [1.29, 1.82) is 5.26 Å². The number of allylic oxidation sites excluding steroid dienone is 1. The van der Waals surface area contributed by atoms with Crippen LogP contribution in [0.25, 0.3) is 22.6 Å². The van der Waals surface area contributed by atoms with Gasteiger partial charge in [-0.1, -0.05) is 12.1 Å². The Morgan fingerprint density at radius 2 is 2.04 bits per heavy atom. The third kappa shape index (κ3) is 3.57. The second kappa shape index (κ2) is 7.24. The molecular formula is C19H15N3O2S. The van der Waals surface area contributed by atoms with Gasteiger partial charge in [-0.15, -0.1) is 11.8 Å². The van der Waals surface area contributed by atoms with E-state index in [1.54, 1.807) is 36.0 Å². The van der Waals surface area contributed by atoms with Crippen LogP contribution in [-0.4, -0.2) is 23.3 Å². The van der Waals surface area contributed by atoms with Crippen molar-refractivity contribution in [3.05, 3.63) is 64.2 Å². The number of hydrogen-bond acceptors (Lipinski definition) is 5. The van der Waals surface area contributed by atoms with Crippen LogP contribution < -0.4 is 10.3 Å². The predicted octanol–water partition coefficient (Wildman–Crippen LogP) is 3.72. The number of aromatic amines is 1. The first-order chi connectivity index (χ1) is 12.1. The Labute approximate surface area is 149 Å². The van der Waals surface area contributed by atoms with Gasteiger partial charge >= 0.3 is 0 Å². The molecule has 0 atom stereocenters. The van der Waals surface area contributed by atoms with Crippen LogP contribution in [-0.2, 0) is 0 Å². The topological polar surface area (TPSA) is 78.8 Å². The van der Waals surface area contributed by atoms with Crippen molar-refractivity contribution < 1.29 is 4.74 Å². The molecular weight excluding hydrogens is 334 g/mol. The minimum Gasteiger partial charge on any atom is -0.497 e. The molecule has 0 radical (unpaired) electrons. The molecule has 0 aliphatic heterocycles. The fraction of sp³-hybridized carbons (Fsp3) is 0.105. The minimum absolute atomic E-state index is 0.249. The van der Waals surface area contributed by atoms with Gasteiger partial charge in [-0.3, -0.25) is 4.79 Å². The van der Waals surface area contributed by atoms with Crippen LogP contribution in [0.2, 0.25) is 0 Å². The number of ether oxygens (including phenoxy) is 1. The molecule has 0 fully saturated rings. The summed E-state index contributed by atoms with van der Waals surface area (Å²) in [5.74, 6) is 0.830. The van der Waals surface area contributed by atoms with Gasteiger partial charge in [-0.05, 0) is 48.2 Å². The van der Waals surface area contributed by atoms with Crippen LogP contribution in [0.3, 0.4) is 0 Å². The molecule has 0 spiro atoms. The molecule has 0 bridgehead atoms. The highest BCUT2D eigenvalue weighted by Gasteiger charge is 2.09. The van der Waals surface area contributed by atoms with E-state index in [1.165, 1.54) is 7.11 Å². The third-order valence-corrected chi connectivity index (χ3v) is 4.46. The maximum atomic E-state index is 12.3. The summed E-state index contributed by atoms with van der Waals surface area (Å²) in [7, 11) is 1.54. The maximum absolute atomic E-state index is 12.3. The lowest BCUT2D eigenvalue weighted by molar-refractivity contribution is 0.415. The quantitative estimate of drug-likeness (QED) is 0.574. The van der Waals surface area contributed by atoms with Crippen LogP contribution in [0.5, 0.6) is 5.75 Å². The fourth-order valence-electron chi connectivity index (χ4n) is 2.39. The lowest BCUT2D eigenvalue weighted by atomic mass is 10.1. The van der Waals surface area contributed by atoms with Crippen LogP contribution >= 0.6 is 11.8 Å². The van der Waals surface area contributed by atoms with E-state index < -0.39 is 0 Å². The van der Waals surface area contributed by atoms with Crippen molar-refractivity contribution in [2.24, 2.45) is 0 Å². The van der Waals surface area contributed by atoms with Gasteiger partial charge in [0, 0.05) is 4.90 Å². The number of benzene rings is 2. The molecule has 6 heteroatoms. The Hall–Kier alpha value is -3.04. The van der Waals surface area contributed by atoms with Gasteiger partial charge in [-0.25, -0.2) is 4.98 Å². The lowest BCUT2D eigenvalue weighted by Crippen LogP contribution is -2.11. The number of H-pyrrole nitrogens is 1. The minimum atomic E-state index is -0.308. The van der Waals surface area contributed by atoms with E-state index in [1.807, 2.05) is 30.5 Å². The molecule has 0 amide bonds. The van der Waals surface area contributed by atoms with Crippen molar-refractivity contribution in [3.63, 3.8) is 0 Å². The number of rotatable bonds is 4. The summed E-state index contributed by atoms with van der Waals surface area (Å²) in [6.07, 6.45) is 3.71. The average molecular weight is 349 g/mol. The van der Waals surface area contributed by atoms with Gasteiger partial charge in [-0.2, -0.15) is 5.26 Å². The first-order valence-electron chi connectivity index (χ1n) is 7.49. The molecule has 0 aliphatic rings. The second-order valence-corrected chi connectivity index (χ2v) is 6.12. The molecule has 3 rings (SSSR count). The highest BCUT2D eigenvalue weighted by Crippen LogP contribution is 2.20. The zero-order chi connectivity index (χ0) is 17.8. The molecule has 25 heavy (non-hydrogen) atoms. The lowest BCUT2D eigenvalue weighted by Gasteiger charge is -2.04. The van der Waals surface area contributed by atoms with E-state index in [-0.39, 0.29) is 11.4 Å². The number of thioether (sulfide) groups is 1. The third-order valence-electron chi connectivity index (χ3n) is 3.71. The normalized spacial score (nSPS) is 11.3. The van der Waals surface area contributed by atoms with Crippen LogP contribution in [0.15, 0.2) is 52.2 Å². The molecule has 2 aromatic carbocycles. The van der Waals surface area contributed by atoms with Gasteiger partial charge < -0.3 is 9.72 Å². The van der Waals surface area contributed by atoms with Crippen molar-refractivity contribution in [1.82, 2.24) is 9.97 Å². The van der Waals surface area contributed by atoms with E-state index >= 15 is 0 Å². The largest absolute Gasteiger partial charge is 0.497 e. The monoisotopic (exact) mass is 349 g/mol. The van der Waals surface area contributed by atoms with E-state index in [0.29, 0.717) is 22.2 Å². The zero-order valence-electron chi connectivity index (χ0n) is 13.7. The Balaban J connectivity index is 2.07. The number of fused-ring (bicyclic) bond motifs is 1. The van der Waals surface area contributed by atoms with E-state index in [4.69, 9.17) is 4.74 Å². The van der Waals surface area contributed by atoms with Crippen molar-refractivity contribution in [2.45, 2.75) is 4.90 Å². The summed E-state index contributed by atoms with van der Waals surface area (Å²) in [4.78, 5) is 20.6. The summed E-state index contributed by atoms with van der Waals surface area (Å²) in [6, 6.07) is 15.0. The molecule has 0 saturated carbocycles. The molecule has 1 aromatic heterocycles. The number of hydrogen-bond donors (Lipinski definition) is 1. The smallest absolute Gasteiger partial charge is 0.259 e. The number of methoxy groups -OCH3 is 1. The summed E-state index contributed by atoms with van der Waals surface area (Å²) < 4.78 is 5.13. The number of aromatic nitrogens is 2. The van der Waals surface area contributed by atoms with Gasteiger partial charge in [0.15, 0.2) is 5.82 Å². The highest BCUT2D eigenvalue weighted by atomic mass is 32.2. The maximum Gasteiger partial charge on any atom is 0.259 e. The summed E-state index contributed by atoms with van der Waals surface area (Å²) in [6.45, 7) is 0. The molecule has 0 unspecified atom stereocenters. The summed E-state index contributed by atoms with van der Waals surface area (Å²) in [5.41, 5.74) is 1.37. The second-order valence-electron chi connectivity index (χ2n) is 5.24. The first kappa shape index (κ1) is 16.8. The van der Waals surface area contributed by atoms with E-state index in [0.717, 1.165) is 10.5 Å². The van der Waals surface area contributed by atoms with Crippen molar-refractivity contribution in [2.75, 3.05) is 13.4 Å². The molecule has 124 valence electrons. The number of nitriles is 1. The average Bonchev–Trinajstić information content (AvgIpc) is 2.66. The highest BCUT2D eigenvalue weighted by molar-refractivity contribution is 7.98. The van der Waals surface area contributed by atoms with Crippen LogP contribution in [0.1, 0.15) is 11.4 Å². The molecule has 3 aromatic rings. The molecule has 1 N–H and O–H groups in total. The fourth-order valence-corrected chi connectivity index (χ4v) is 2.80. The van der Waals surface area contributed by atoms with E-state index in [2.05, 4.69) is 16.0 Å². The first-order valence-corrected chi connectivity index (χ1v) is 8.71. The van der Waals surface area contributed by atoms with Crippen molar-refractivity contribution in [3.8, 4) is 11.8 Å². The molecule has 1 heterocycles. The SMILES string of the molecule is COc1ccc2nc(C(C#N)=Cc3ccc(SC)cc3)[nH]c(=O)c2c1. The van der Waals surface area contributed by atoms with Gasteiger partial charge in [0.1, 0.15) is 11.8 Å². The Bertz CT molecular complexity index is 1050. The zero-order valence-corrected chi connectivity index (χ0v) is 14.6. The van der Waals surface area contributed by atoms with Crippen LogP contribution in [0, 0.1) is 11.3 Å². The van der Waals surface area contributed by atoms with Crippen molar-refractivity contribution >= 4 is 34.3 Å². The van der Waals surface area contributed by atoms with Gasteiger partial charge in [0.05, 0.1) is 23.6 Å². The Morgan fingerprint density at radius 3 is 2.68 bits per heavy atom. The molecule has 0 saturated heterocycles. The van der Waals surface area contributed by atoms with E-state index in [9.17, 15) is 10.1 Å². The predicted molar refractivity (Wildman–Crippen MR) is 101 cm³/mol. The number of nitrogens with one attached hydrogen (secondary N) is 1. The van der Waals surface area contributed by atoms with Crippen LogP contribution in [0.4, 0.5) is 0 Å². The standard InChI is InChI=1S/C19H15N3O2S/c1-24-14-5-8-17-16(10-14)19(23)22-18(21-17)13(11-20)9-12-3-6-15(25-2)7-4-12/h3-10H,1-2H3,(H,21,22,23). The molecule has 5 nitrogen and oxygen atoms in total. The number of nitrogens with zero attached hydrogens (tertiary/aromatic N) is 2. The Kier molecular flexibility index (Phi) is 4.87. The Morgan fingerprint density at radius 1 is 1.28 bits per heavy atom.